The number of esters is 1. The van der Waals surface area contributed by atoms with Gasteiger partial charge in [0, 0.05) is 25.6 Å². The van der Waals surface area contributed by atoms with E-state index < -0.39 is 0 Å². The van der Waals surface area contributed by atoms with Crippen molar-refractivity contribution < 1.29 is 14.3 Å². The minimum atomic E-state index is -0.342. The van der Waals surface area contributed by atoms with E-state index in [0.29, 0.717) is 18.9 Å². The number of hydrogen-bond acceptors (Lipinski definition) is 5. The van der Waals surface area contributed by atoms with Gasteiger partial charge in [-0.05, 0) is 18.8 Å². The lowest BCUT2D eigenvalue weighted by Gasteiger charge is -2.35. The Hall–Kier alpha value is -1.14. The largest absolute Gasteiger partial charge is 0.469 e. The topological polar surface area (TPSA) is 98.7 Å². The molecule has 1 aliphatic rings. The summed E-state index contributed by atoms with van der Waals surface area (Å²) in [6.07, 6.45) is 2.03. The first-order valence-electron chi connectivity index (χ1n) is 5.84. The highest BCUT2D eigenvalue weighted by atomic mass is 16.5. The summed E-state index contributed by atoms with van der Waals surface area (Å²) in [5, 5.41) is 0. The molecule has 0 bridgehead atoms. The third kappa shape index (κ3) is 5.14. The molecule has 1 fully saturated rings. The first-order chi connectivity index (χ1) is 8.01. The molecule has 0 spiro atoms. The molecule has 0 saturated carbocycles. The molecule has 6 nitrogen and oxygen atoms in total. The summed E-state index contributed by atoms with van der Waals surface area (Å²) < 4.78 is 4.60. The van der Waals surface area contributed by atoms with Crippen LogP contribution in [0.4, 0.5) is 0 Å². The van der Waals surface area contributed by atoms with Gasteiger partial charge in [0.15, 0.2) is 0 Å². The lowest BCUT2D eigenvalue weighted by atomic mass is 9.91. The van der Waals surface area contributed by atoms with Gasteiger partial charge in [-0.1, -0.05) is 0 Å². The van der Waals surface area contributed by atoms with E-state index in [2.05, 4.69) is 4.74 Å². The molecule has 1 rings (SSSR count). The van der Waals surface area contributed by atoms with Crippen LogP contribution in [0.3, 0.4) is 0 Å². The molecule has 17 heavy (non-hydrogen) atoms. The molecule has 0 aliphatic carbocycles. The van der Waals surface area contributed by atoms with Crippen LogP contribution in [0.5, 0.6) is 0 Å². The van der Waals surface area contributed by atoms with Crippen molar-refractivity contribution in [1.82, 2.24) is 4.90 Å². The average molecular weight is 243 g/mol. The highest BCUT2D eigenvalue weighted by Crippen LogP contribution is 2.20. The second-order valence-corrected chi connectivity index (χ2v) is 4.64. The number of methoxy groups -OCH3 is 1. The zero-order valence-corrected chi connectivity index (χ0v) is 10.2. The third-order valence-corrected chi connectivity index (χ3v) is 3.01. The quantitative estimate of drug-likeness (QED) is 0.608. The number of carbonyl (C=O) groups is 2. The van der Waals surface area contributed by atoms with Gasteiger partial charge in [0.25, 0.3) is 0 Å². The Labute approximate surface area is 101 Å². The van der Waals surface area contributed by atoms with Crippen LogP contribution < -0.4 is 11.5 Å². The second kappa shape index (κ2) is 6.56. The predicted octanol–water partition coefficient (Wildman–Crippen LogP) is -0.926. The molecule has 0 aromatic heterocycles. The highest BCUT2D eigenvalue weighted by Gasteiger charge is 2.26. The number of nitrogens with zero attached hydrogens (tertiary/aromatic N) is 1. The summed E-state index contributed by atoms with van der Waals surface area (Å²) in [4.78, 5) is 23.9. The van der Waals surface area contributed by atoms with Gasteiger partial charge < -0.3 is 16.2 Å². The van der Waals surface area contributed by atoms with Gasteiger partial charge in [0.05, 0.1) is 13.7 Å². The summed E-state index contributed by atoms with van der Waals surface area (Å²) in [5.74, 6) is -0.214. The van der Waals surface area contributed by atoms with Crippen molar-refractivity contribution in [3.05, 3.63) is 0 Å². The van der Waals surface area contributed by atoms with Crippen molar-refractivity contribution in [3.63, 3.8) is 0 Å². The van der Waals surface area contributed by atoms with Crippen molar-refractivity contribution in [2.75, 3.05) is 26.7 Å². The molecule has 2 unspecified atom stereocenters. The van der Waals surface area contributed by atoms with Crippen LogP contribution in [0.25, 0.3) is 0 Å². The van der Waals surface area contributed by atoms with E-state index in [1.54, 1.807) is 0 Å². The number of piperidine rings is 1. The molecular weight excluding hydrogens is 222 g/mol. The number of primary amides is 1. The van der Waals surface area contributed by atoms with Crippen molar-refractivity contribution in [2.24, 2.45) is 17.4 Å². The molecule has 1 heterocycles. The third-order valence-electron chi connectivity index (χ3n) is 3.01. The van der Waals surface area contributed by atoms with E-state index in [1.807, 2.05) is 4.90 Å². The highest BCUT2D eigenvalue weighted by molar-refractivity contribution is 5.75. The fourth-order valence-electron chi connectivity index (χ4n) is 2.33. The van der Waals surface area contributed by atoms with Gasteiger partial charge in [0.2, 0.25) is 5.91 Å². The summed E-state index contributed by atoms with van der Waals surface area (Å²) >= 11 is 0. The smallest absolute Gasteiger partial charge is 0.305 e. The minimum absolute atomic E-state index is 0.0470. The van der Waals surface area contributed by atoms with Gasteiger partial charge >= 0.3 is 5.97 Å². The molecule has 98 valence electrons. The van der Waals surface area contributed by atoms with E-state index in [0.717, 1.165) is 19.4 Å². The van der Waals surface area contributed by atoms with Crippen LogP contribution in [0.2, 0.25) is 0 Å². The number of ether oxygens (including phenoxy) is 1. The second-order valence-electron chi connectivity index (χ2n) is 4.64. The van der Waals surface area contributed by atoms with Crippen LogP contribution in [0.1, 0.15) is 19.3 Å². The van der Waals surface area contributed by atoms with E-state index in [4.69, 9.17) is 11.5 Å². The first-order valence-corrected chi connectivity index (χ1v) is 5.84. The fraction of sp³-hybridized carbons (Fsp3) is 0.818. The summed E-state index contributed by atoms with van der Waals surface area (Å²) in [5.41, 5.74) is 11.1. The maximum Gasteiger partial charge on any atom is 0.305 e. The number of likely N-dealkylation sites (tertiary alicyclic amines) is 1. The van der Waals surface area contributed by atoms with Crippen molar-refractivity contribution >= 4 is 11.9 Å². The molecule has 0 aromatic carbocycles. The standard InChI is InChI=1S/C11H21N3O3/c1-17-11(16)3-2-8-4-9(12)6-14(5-8)7-10(13)15/h8-9H,2-7,12H2,1H3,(H2,13,15). The fourth-order valence-corrected chi connectivity index (χ4v) is 2.33. The maximum atomic E-state index is 11.1. The van der Waals surface area contributed by atoms with Crippen molar-refractivity contribution in [3.8, 4) is 0 Å². The van der Waals surface area contributed by atoms with Crippen LogP contribution in [0.15, 0.2) is 0 Å². The predicted molar refractivity (Wildman–Crippen MR) is 63.0 cm³/mol. The minimum Gasteiger partial charge on any atom is -0.469 e. The number of carbonyl (C=O) groups excluding carboxylic acids is 2. The van der Waals surface area contributed by atoms with E-state index in [9.17, 15) is 9.59 Å². The summed E-state index contributed by atoms with van der Waals surface area (Å²) in [7, 11) is 1.38. The molecular formula is C11H21N3O3. The molecule has 1 saturated heterocycles. The van der Waals surface area contributed by atoms with Gasteiger partial charge in [0.1, 0.15) is 0 Å². The molecule has 0 radical (unpaired) electrons. The normalized spacial score (nSPS) is 25.5. The Morgan fingerprint density at radius 3 is 2.71 bits per heavy atom. The van der Waals surface area contributed by atoms with Gasteiger partial charge in [-0.15, -0.1) is 0 Å². The van der Waals surface area contributed by atoms with E-state index >= 15 is 0 Å². The van der Waals surface area contributed by atoms with Gasteiger partial charge in [-0.3, -0.25) is 14.5 Å². The zero-order chi connectivity index (χ0) is 12.8. The molecule has 1 amide bonds. The molecule has 1 aliphatic heterocycles. The monoisotopic (exact) mass is 243 g/mol. The number of amides is 1. The van der Waals surface area contributed by atoms with Gasteiger partial charge in [-0.2, -0.15) is 0 Å². The molecule has 0 aromatic rings. The maximum absolute atomic E-state index is 11.1. The SMILES string of the molecule is COC(=O)CCC1CC(N)CN(CC(N)=O)C1. The molecule has 6 heteroatoms. The van der Waals surface area contributed by atoms with Crippen LogP contribution >= 0.6 is 0 Å². The Kier molecular flexibility index (Phi) is 5.37. The number of nitrogens with two attached hydrogens (primary N) is 2. The summed E-state index contributed by atoms with van der Waals surface area (Å²) in [6, 6.07) is 0.0470. The number of rotatable bonds is 5. The van der Waals surface area contributed by atoms with Crippen LogP contribution in [-0.4, -0.2) is 49.6 Å². The van der Waals surface area contributed by atoms with E-state index in [-0.39, 0.29) is 24.5 Å². The lowest BCUT2D eigenvalue weighted by Crippen LogP contribution is -2.49. The first kappa shape index (κ1) is 13.9. The Balaban J connectivity index is 2.39. The van der Waals surface area contributed by atoms with Gasteiger partial charge in [-0.25, -0.2) is 0 Å². The number of hydrogen-bond donors (Lipinski definition) is 2. The Bertz CT molecular complexity index is 283. The molecule has 2 atom stereocenters. The zero-order valence-electron chi connectivity index (χ0n) is 10.2. The van der Waals surface area contributed by atoms with Crippen molar-refractivity contribution in [1.29, 1.82) is 0 Å². The van der Waals surface area contributed by atoms with Crippen LogP contribution in [-0.2, 0) is 14.3 Å². The molecule has 4 N–H and O–H groups in total. The van der Waals surface area contributed by atoms with E-state index in [1.165, 1.54) is 7.11 Å². The lowest BCUT2D eigenvalue weighted by molar-refractivity contribution is -0.141. The summed E-state index contributed by atoms with van der Waals surface area (Å²) in [6.45, 7) is 1.70. The van der Waals surface area contributed by atoms with Crippen molar-refractivity contribution in [2.45, 2.75) is 25.3 Å². The average Bonchev–Trinajstić information content (AvgIpc) is 2.24. The Morgan fingerprint density at radius 1 is 1.41 bits per heavy atom. The van der Waals surface area contributed by atoms with Crippen LogP contribution in [0, 0.1) is 5.92 Å². The Morgan fingerprint density at radius 2 is 2.12 bits per heavy atom.